The number of hydrogen-bond donors (Lipinski definition) is 1. The van der Waals surface area contributed by atoms with Gasteiger partial charge in [-0.3, -0.25) is 0 Å². The maximum atomic E-state index is 5.98. The van der Waals surface area contributed by atoms with E-state index in [2.05, 4.69) is 47.2 Å². The van der Waals surface area contributed by atoms with Crippen LogP contribution in [-0.2, 0) is 6.42 Å². The van der Waals surface area contributed by atoms with Crippen molar-refractivity contribution < 1.29 is 4.74 Å². The predicted octanol–water partition coefficient (Wildman–Crippen LogP) is 4.86. The molecule has 1 aromatic carbocycles. The average molecular weight is 352 g/mol. The minimum atomic E-state index is 0.437. The van der Waals surface area contributed by atoms with Crippen LogP contribution >= 0.6 is 15.9 Å². The zero-order valence-electron chi connectivity index (χ0n) is 13.1. The molecule has 1 aromatic rings. The van der Waals surface area contributed by atoms with Crippen molar-refractivity contribution in [3.63, 3.8) is 0 Å². The van der Waals surface area contributed by atoms with E-state index >= 15 is 0 Å². The summed E-state index contributed by atoms with van der Waals surface area (Å²) in [6, 6.07) is 4.94. The quantitative estimate of drug-likeness (QED) is 0.817. The lowest BCUT2D eigenvalue weighted by Crippen LogP contribution is -2.30. The molecule has 116 valence electrons. The Hall–Kier alpha value is -0.540. The van der Waals surface area contributed by atoms with E-state index < -0.39 is 0 Å². The molecule has 0 aromatic heterocycles. The molecule has 1 saturated carbocycles. The Balaban J connectivity index is 1.96. The summed E-state index contributed by atoms with van der Waals surface area (Å²) in [6.45, 7) is 6.57. The molecule has 0 radical (unpaired) electrons. The van der Waals surface area contributed by atoms with E-state index in [-0.39, 0.29) is 0 Å². The summed E-state index contributed by atoms with van der Waals surface area (Å²) in [5, 5.41) is 3.81. The van der Waals surface area contributed by atoms with Gasteiger partial charge in [-0.1, -0.05) is 42.6 Å². The van der Waals surface area contributed by atoms with Gasteiger partial charge in [-0.15, -0.1) is 0 Å². The lowest BCUT2D eigenvalue weighted by atomic mass is 9.85. The molecule has 2 aliphatic rings. The highest BCUT2D eigenvalue weighted by molar-refractivity contribution is 9.10. The van der Waals surface area contributed by atoms with E-state index in [1.54, 1.807) is 0 Å². The van der Waals surface area contributed by atoms with Crippen LogP contribution in [0.5, 0.6) is 5.75 Å². The van der Waals surface area contributed by atoms with E-state index in [0.29, 0.717) is 6.04 Å². The Kier molecular flexibility index (Phi) is 4.90. The van der Waals surface area contributed by atoms with Crippen LogP contribution in [0, 0.1) is 11.8 Å². The van der Waals surface area contributed by atoms with Crippen molar-refractivity contribution in [3.8, 4) is 5.75 Å². The van der Waals surface area contributed by atoms with Gasteiger partial charge in [-0.05, 0) is 48.9 Å². The summed E-state index contributed by atoms with van der Waals surface area (Å²) < 4.78 is 7.17. The number of rotatable bonds is 5. The lowest BCUT2D eigenvalue weighted by Gasteiger charge is -2.30. The van der Waals surface area contributed by atoms with Crippen LogP contribution in [0.25, 0.3) is 0 Å². The van der Waals surface area contributed by atoms with Crippen molar-refractivity contribution in [2.75, 3.05) is 13.2 Å². The molecule has 2 nitrogen and oxygen atoms in total. The summed E-state index contributed by atoms with van der Waals surface area (Å²) in [6.07, 6.45) is 6.29. The van der Waals surface area contributed by atoms with Gasteiger partial charge < -0.3 is 10.1 Å². The maximum absolute atomic E-state index is 5.98. The Bertz CT molecular complexity index is 502. The monoisotopic (exact) mass is 351 g/mol. The highest BCUT2D eigenvalue weighted by atomic mass is 79.9. The van der Waals surface area contributed by atoms with Crippen LogP contribution < -0.4 is 10.1 Å². The van der Waals surface area contributed by atoms with E-state index in [9.17, 15) is 0 Å². The van der Waals surface area contributed by atoms with E-state index in [4.69, 9.17) is 4.74 Å². The van der Waals surface area contributed by atoms with Crippen LogP contribution in [-0.4, -0.2) is 13.2 Å². The molecule has 1 aliphatic carbocycles. The Morgan fingerprint density at radius 2 is 2.24 bits per heavy atom. The third kappa shape index (κ3) is 3.14. The van der Waals surface area contributed by atoms with Crippen LogP contribution in [0.1, 0.15) is 56.7 Å². The third-order valence-electron chi connectivity index (χ3n) is 5.08. The minimum absolute atomic E-state index is 0.437. The van der Waals surface area contributed by atoms with Crippen molar-refractivity contribution in [1.82, 2.24) is 5.32 Å². The first-order valence-electron chi connectivity index (χ1n) is 8.39. The highest BCUT2D eigenvalue weighted by Crippen LogP contribution is 2.45. The Morgan fingerprint density at radius 1 is 1.38 bits per heavy atom. The second-order valence-corrected chi connectivity index (χ2v) is 7.50. The van der Waals surface area contributed by atoms with E-state index in [1.807, 2.05) is 0 Å². The summed E-state index contributed by atoms with van der Waals surface area (Å²) >= 11 is 3.69. The fraction of sp³-hybridized carbons (Fsp3) is 0.667. The molecule has 3 atom stereocenters. The van der Waals surface area contributed by atoms with Crippen molar-refractivity contribution in [3.05, 3.63) is 27.7 Å². The van der Waals surface area contributed by atoms with Gasteiger partial charge in [0, 0.05) is 22.5 Å². The number of fused-ring (bicyclic) bond motifs is 1. The van der Waals surface area contributed by atoms with E-state index in [1.165, 1.54) is 41.3 Å². The van der Waals surface area contributed by atoms with Crippen molar-refractivity contribution >= 4 is 15.9 Å². The molecule has 3 rings (SSSR count). The number of benzene rings is 1. The topological polar surface area (TPSA) is 21.3 Å². The van der Waals surface area contributed by atoms with Gasteiger partial charge in [0.15, 0.2) is 0 Å². The first kappa shape index (κ1) is 15.4. The fourth-order valence-electron chi connectivity index (χ4n) is 3.99. The maximum Gasteiger partial charge on any atom is 0.127 e. The number of halogens is 1. The SMILES string of the molecule is CCCNC(c1cc(Br)cc2c1OCC2)C1CCCC1C. The summed E-state index contributed by atoms with van der Waals surface area (Å²) in [7, 11) is 0. The molecule has 0 saturated heterocycles. The van der Waals surface area contributed by atoms with E-state index in [0.717, 1.165) is 37.2 Å². The Morgan fingerprint density at radius 3 is 2.95 bits per heavy atom. The second-order valence-electron chi connectivity index (χ2n) is 6.59. The largest absolute Gasteiger partial charge is 0.493 e. The molecule has 0 bridgehead atoms. The van der Waals surface area contributed by atoms with Crippen molar-refractivity contribution in [2.24, 2.45) is 11.8 Å². The van der Waals surface area contributed by atoms with Crippen molar-refractivity contribution in [1.29, 1.82) is 0 Å². The zero-order valence-corrected chi connectivity index (χ0v) is 14.7. The van der Waals surface area contributed by atoms with Crippen LogP contribution in [0.4, 0.5) is 0 Å². The van der Waals surface area contributed by atoms with Gasteiger partial charge >= 0.3 is 0 Å². The molecule has 0 amide bonds. The summed E-state index contributed by atoms with van der Waals surface area (Å²) in [5.74, 6) is 2.69. The van der Waals surface area contributed by atoms with Gasteiger partial charge in [0.2, 0.25) is 0 Å². The molecule has 1 N–H and O–H groups in total. The molecular weight excluding hydrogens is 326 g/mol. The number of nitrogens with one attached hydrogen (secondary N) is 1. The summed E-state index contributed by atoms with van der Waals surface area (Å²) in [4.78, 5) is 0. The van der Waals surface area contributed by atoms with Crippen molar-refractivity contribution in [2.45, 2.75) is 52.0 Å². The molecule has 21 heavy (non-hydrogen) atoms. The highest BCUT2D eigenvalue weighted by Gasteiger charge is 2.34. The predicted molar refractivity (Wildman–Crippen MR) is 90.9 cm³/mol. The van der Waals surface area contributed by atoms with Gasteiger partial charge in [0.05, 0.1) is 6.61 Å². The van der Waals surface area contributed by atoms with Crippen LogP contribution in [0.2, 0.25) is 0 Å². The molecule has 3 unspecified atom stereocenters. The molecule has 3 heteroatoms. The van der Waals surface area contributed by atoms with Gasteiger partial charge in [0.25, 0.3) is 0 Å². The molecule has 1 fully saturated rings. The number of hydrogen-bond acceptors (Lipinski definition) is 2. The van der Waals surface area contributed by atoms with Crippen LogP contribution in [0.15, 0.2) is 16.6 Å². The first-order chi connectivity index (χ1) is 10.2. The smallest absolute Gasteiger partial charge is 0.127 e. The van der Waals surface area contributed by atoms with Gasteiger partial charge in [-0.25, -0.2) is 0 Å². The molecular formula is C18H26BrNO. The first-order valence-corrected chi connectivity index (χ1v) is 9.18. The molecule has 1 aliphatic heterocycles. The zero-order chi connectivity index (χ0) is 14.8. The third-order valence-corrected chi connectivity index (χ3v) is 5.54. The second kappa shape index (κ2) is 6.70. The standard InChI is InChI=1S/C18H26BrNO/c1-3-8-20-17(15-6-4-5-12(15)2)16-11-14(19)10-13-7-9-21-18(13)16/h10-12,15,17,20H,3-9H2,1-2H3. The molecule has 0 spiro atoms. The van der Waals surface area contributed by atoms with Gasteiger partial charge in [0.1, 0.15) is 5.75 Å². The normalized spacial score (nSPS) is 25.7. The average Bonchev–Trinajstić information content (AvgIpc) is 3.08. The number of ether oxygens (including phenoxy) is 1. The Labute approximate surface area is 136 Å². The van der Waals surface area contributed by atoms with Crippen LogP contribution in [0.3, 0.4) is 0 Å². The minimum Gasteiger partial charge on any atom is -0.493 e. The molecule has 1 heterocycles. The summed E-state index contributed by atoms with van der Waals surface area (Å²) in [5.41, 5.74) is 2.75. The lowest BCUT2D eigenvalue weighted by molar-refractivity contribution is 0.288. The fourth-order valence-corrected chi connectivity index (χ4v) is 4.51. The van der Waals surface area contributed by atoms with Gasteiger partial charge in [-0.2, -0.15) is 0 Å².